The molecule has 0 aliphatic rings. The fourth-order valence-corrected chi connectivity index (χ4v) is 1.16. The summed E-state index contributed by atoms with van der Waals surface area (Å²) < 4.78 is 9.74. The molecule has 0 spiro atoms. The molecule has 0 amide bonds. The average molecular weight is 198 g/mol. The molecule has 0 aromatic carbocycles. The highest BCUT2D eigenvalue weighted by atomic mass is 16.5. The zero-order valence-corrected chi connectivity index (χ0v) is 9.37. The average Bonchev–Trinajstić information content (AvgIpc) is 2.21. The molecule has 0 bridgehead atoms. The minimum absolute atomic E-state index is 0.895. The highest BCUT2D eigenvalue weighted by Crippen LogP contribution is 2.03. The summed E-state index contributed by atoms with van der Waals surface area (Å²) in [5.41, 5.74) is 0. The Morgan fingerprint density at radius 2 is 1.71 bits per heavy atom. The number of hydrogen-bond acceptors (Lipinski definition) is 2. The Morgan fingerprint density at radius 1 is 0.929 bits per heavy atom. The topological polar surface area (TPSA) is 18.5 Å². The number of hydrogen-bond donors (Lipinski definition) is 0. The molecule has 0 saturated carbocycles. The van der Waals surface area contributed by atoms with E-state index in [-0.39, 0.29) is 0 Å². The van der Waals surface area contributed by atoms with Crippen LogP contribution < -0.4 is 0 Å². The van der Waals surface area contributed by atoms with Crippen molar-refractivity contribution in [3.63, 3.8) is 0 Å². The molecule has 0 aromatic rings. The molecule has 0 atom stereocenters. The van der Waals surface area contributed by atoms with Gasteiger partial charge >= 0.3 is 0 Å². The molecular formula is C12H22O2. The maximum atomic E-state index is 4.98. The number of ether oxygens (including phenoxy) is 2. The Bertz CT molecular complexity index is 150. The number of allylic oxidation sites excluding steroid dienone is 3. The van der Waals surface area contributed by atoms with Gasteiger partial charge in [0, 0.05) is 13.7 Å². The third-order valence-corrected chi connectivity index (χ3v) is 1.93. The fraction of sp³-hybridized carbons (Fsp3) is 0.667. The lowest BCUT2D eigenvalue weighted by Gasteiger charge is -1.97. The second-order valence-electron chi connectivity index (χ2n) is 3.19. The Labute approximate surface area is 87.6 Å². The van der Waals surface area contributed by atoms with E-state index in [0.717, 1.165) is 13.0 Å². The summed E-state index contributed by atoms with van der Waals surface area (Å²) in [6.07, 6.45) is 14.0. The summed E-state index contributed by atoms with van der Waals surface area (Å²) in [5, 5.41) is 0. The molecule has 0 aliphatic heterocycles. The maximum Gasteiger partial charge on any atom is 0.0824 e. The molecule has 2 heteroatoms. The van der Waals surface area contributed by atoms with Crippen LogP contribution >= 0.6 is 0 Å². The maximum absolute atomic E-state index is 4.98. The Hall–Kier alpha value is -0.760. The second-order valence-corrected chi connectivity index (χ2v) is 3.19. The first-order chi connectivity index (χ1) is 6.91. The largest absolute Gasteiger partial charge is 0.504 e. The van der Waals surface area contributed by atoms with Crippen molar-refractivity contribution in [2.24, 2.45) is 0 Å². The molecule has 0 heterocycles. The first-order valence-corrected chi connectivity index (χ1v) is 5.25. The minimum atomic E-state index is 0.895. The summed E-state index contributed by atoms with van der Waals surface area (Å²) in [4.78, 5) is 0. The van der Waals surface area contributed by atoms with Crippen LogP contribution in [0.25, 0.3) is 0 Å². The van der Waals surface area contributed by atoms with Crippen LogP contribution in [-0.2, 0) is 9.47 Å². The molecule has 14 heavy (non-hydrogen) atoms. The fourth-order valence-electron chi connectivity index (χ4n) is 1.16. The van der Waals surface area contributed by atoms with Crippen LogP contribution in [0, 0.1) is 0 Å². The molecule has 2 nitrogen and oxygen atoms in total. The van der Waals surface area contributed by atoms with Crippen LogP contribution in [0.1, 0.15) is 32.1 Å². The molecule has 0 aromatic heterocycles. The number of rotatable bonds is 9. The van der Waals surface area contributed by atoms with Crippen LogP contribution in [0.4, 0.5) is 0 Å². The van der Waals surface area contributed by atoms with Crippen molar-refractivity contribution in [2.75, 3.05) is 20.8 Å². The molecule has 0 radical (unpaired) electrons. The predicted molar refractivity (Wildman–Crippen MR) is 60.3 cm³/mol. The standard InChI is InChI=1S/C12H22O2/c1-13-11-9-7-5-3-4-6-8-10-12-14-2/h5,7,9,11H,3-4,6,8,10,12H2,1-2H3. The molecule has 0 N–H and O–H groups in total. The van der Waals surface area contributed by atoms with Gasteiger partial charge in [-0.25, -0.2) is 0 Å². The SMILES string of the molecule is COC=CC=CCCCCCCOC. The molecular weight excluding hydrogens is 176 g/mol. The van der Waals surface area contributed by atoms with Gasteiger partial charge in [-0.15, -0.1) is 0 Å². The first-order valence-electron chi connectivity index (χ1n) is 5.25. The summed E-state index contributed by atoms with van der Waals surface area (Å²) in [7, 11) is 3.41. The van der Waals surface area contributed by atoms with Crippen LogP contribution in [0.3, 0.4) is 0 Å². The summed E-state index contributed by atoms with van der Waals surface area (Å²) >= 11 is 0. The van der Waals surface area contributed by atoms with Gasteiger partial charge < -0.3 is 9.47 Å². The molecule has 0 aliphatic carbocycles. The van der Waals surface area contributed by atoms with Gasteiger partial charge in [0.05, 0.1) is 13.4 Å². The van der Waals surface area contributed by atoms with E-state index in [0.29, 0.717) is 0 Å². The second kappa shape index (κ2) is 12.2. The van der Waals surface area contributed by atoms with E-state index in [1.807, 2.05) is 12.2 Å². The number of methoxy groups -OCH3 is 2. The van der Waals surface area contributed by atoms with Gasteiger partial charge in [-0.05, 0) is 25.3 Å². The normalized spacial score (nSPS) is 11.6. The van der Waals surface area contributed by atoms with Gasteiger partial charge in [0.25, 0.3) is 0 Å². The third kappa shape index (κ3) is 11.2. The highest BCUT2D eigenvalue weighted by Gasteiger charge is 1.87. The van der Waals surface area contributed by atoms with E-state index >= 15 is 0 Å². The van der Waals surface area contributed by atoms with E-state index in [2.05, 4.69) is 6.08 Å². The van der Waals surface area contributed by atoms with Gasteiger partial charge in [0.1, 0.15) is 0 Å². The lowest BCUT2D eigenvalue weighted by atomic mass is 10.1. The zero-order valence-electron chi connectivity index (χ0n) is 9.37. The minimum Gasteiger partial charge on any atom is -0.504 e. The van der Waals surface area contributed by atoms with Gasteiger partial charge in [-0.2, -0.15) is 0 Å². The summed E-state index contributed by atoms with van der Waals surface area (Å²) in [5.74, 6) is 0. The quantitative estimate of drug-likeness (QED) is 0.321. The predicted octanol–water partition coefficient (Wildman–Crippen LogP) is 3.30. The third-order valence-electron chi connectivity index (χ3n) is 1.93. The van der Waals surface area contributed by atoms with Crippen LogP contribution in [0.15, 0.2) is 24.5 Å². The highest BCUT2D eigenvalue weighted by molar-refractivity contribution is 4.99. The van der Waals surface area contributed by atoms with Crippen molar-refractivity contribution in [3.8, 4) is 0 Å². The first kappa shape index (κ1) is 13.2. The van der Waals surface area contributed by atoms with E-state index in [4.69, 9.17) is 9.47 Å². The monoisotopic (exact) mass is 198 g/mol. The van der Waals surface area contributed by atoms with Crippen molar-refractivity contribution in [3.05, 3.63) is 24.5 Å². The van der Waals surface area contributed by atoms with E-state index in [1.54, 1.807) is 20.5 Å². The Morgan fingerprint density at radius 3 is 2.43 bits per heavy atom. The van der Waals surface area contributed by atoms with Crippen molar-refractivity contribution < 1.29 is 9.47 Å². The van der Waals surface area contributed by atoms with E-state index < -0.39 is 0 Å². The molecule has 82 valence electrons. The van der Waals surface area contributed by atoms with Gasteiger partial charge in [-0.1, -0.05) is 25.0 Å². The smallest absolute Gasteiger partial charge is 0.0824 e. The van der Waals surface area contributed by atoms with Crippen LogP contribution in [0.2, 0.25) is 0 Å². The number of unbranched alkanes of at least 4 members (excludes halogenated alkanes) is 4. The Kier molecular flexibility index (Phi) is 11.6. The zero-order chi connectivity index (χ0) is 10.5. The van der Waals surface area contributed by atoms with E-state index in [1.165, 1.54) is 25.7 Å². The lowest BCUT2D eigenvalue weighted by molar-refractivity contribution is 0.192. The van der Waals surface area contributed by atoms with Crippen molar-refractivity contribution in [2.45, 2.75) is 32.1 Å². The van der Waals surface area contributed by atoms with Gasteiger partial charge in [0.2, 0.25) is 0 Å². The molecule has 0 saturated heterocycles. The molecule has 0 unspecified atom stereocenters. The van der Waals surface area contributed by atoms with Gasteiger partial charge in [0.15, 0.2) is 0 Å². The summed E-state index contributed by atoms with van der Waals surface area (Å²) in [6.45, 7) is 0.895. The van der Waals surface area contributed by atoms with Crippen LogP contribution in [-0.4, -0.2) is 20.8 Å². The van der Waals surface area contributed by atoms with Crippen molar-refractivity contribution >= 4 is 0 Å². The van der Waals surface area contributed by atoms with Crippen molar-refractivity contribution in [1.82, 2.24) is 0 Å². The lowest BCUT2D eigenvalue weighted by Crippen LogP contribution is -1.87. The Balaban J connectivity index is 3.05. The van der Waals surface area contributed by atoms with Gasteiger partial charge in [-0.3, -0.25) is 0 Å². The summed E-state index contributed by atoms with van der Waals surface area (Å²) in [6, 6.07) is 0. The van der Waals surface area contributed by atoms with Crippen molar-refractivity contribution in [1.29, 1.82) is 0 Å². The van der Waals surface area contributed by atoms with Crippen LogP contribution in [0.5, 0.6) is 0 Å². The molecule has 0 fully saturated rings. The van der Waals surface area contributed by atoms with E-state index in [9.17, 15) is 0 Å². The molecule has 0 rings (SSSR count).